The van der Waals surface area contributed by atoms with Crippen LogP contribution in [0, 0.1) is 0 Å². The second kappa shape index (κ2) is 8.75. The molecule has 2 heterocycles. The van der Waals surface area contributed by atoms with E-state index in [0.717, 1.165) is 62.3 Å². The molecule has 2 aromatic heterocycles. The van der Waals surface area contributed by atoms with Crippen molar-refractivity contribution in [2.24, 2.45) is 0 Å². The van der Waals surface area contributed by atoms with Crippen molar-refractivity contribution in [3.8, 4) is 34.0 Å². The Labute approximate surface area is 227 Å². The van der Waals surface area contributed by atoms with Crippen LogP contribution in [-0.2, 0) is 0 Å². The molecule has 0 aliphatic carbocycles. The van der Waals surface area contributed by atoms with E-state index < -0.39 is 0 Å². The van der Waals surface area contributed by atoms with Crippen molar-refractivity contribution >= 4 is 85.9 Å². The maximum atomic E-state index is 5.97. The molecule has 0 spiro atoms. The summed E-state index contributed by atoms with van der Waals surface area (Å²) in [5, 5.41) is 0. The van der Waals surface area contributed by atoms with Crippen LogP contribution in [0.5, 0.6) is 0 Å². The van der Waals surface area contributed by atoms with Gasteiger partial charge in [-0.1, -0.05) is 56.1 Å². The lowest BCUT2D eigenvalue weighted by Crippen LogP contribution is -1.82. The third kappa shape index (κ3) is 4.06. The fraction of sp³-hybridized carbons (Fsp3) is 0. The standard InChI is InChI=1S/C26H12Br4N2O2/c27-17-9-19(29)23-21(11-17)33-25(31-23)15-5-1-13(2-6-15)14-3-7-16(8-4-14)26-32-24-20(30)10-18(28)12-22(24)34-26/h1-12H. The maximum Gasteiger partial charge on any atom is 0.227 e. The topological polar surface area (TPSA) is 52.1 Å². The highest BCUT2D eigenvalue weighted by atomic mass is 79.9. The molecule has 0 bridgehead atoms. The zero-order chi connectivity index (χ0) is 23.4. The van der Waals surface area contributed by atoms with Crippen LogP contribution >= 0.6 is 63.7 Å². The van der Waals surface area contributed by atoms with Crippen molar-refractivity contribution in [1.29, 1.82) is 0 Å². The summed E-state index contributed by atoms with van der Waals surface area (Å²) in [4.78, 5) is 9.29. The Balaban J connectivity index is 1.28. The molecular weight excluding hydrogens is 692 g/mol. The molecule has 4 nitrogen and oxygen atoms in total. The molecule has 0 aliphatic heterocycles. The molecule has 0 saturated heterocycles. The second-order valence-electron chi connectivity index (χ2n) is 7.66. The smallest absolute Gasteiger partial charge is 0.227 e. The minimum absolute atomic E-state index is 0.587. The highest BCUT2D eigenvalue weighted by Crippen LogP contribution is 2.34. The Morgan fingerprint density at radius 2 is 0.824 bits per heavy atom. The van der Waals surface area contributed by atoms with E-state index in [1.165, 1.54) is 0 Å². The highest BCUT2D eigenvalue weighted by molar-refractivity contribution is 9.11. The molecule has 0 saturated carbocycles. The first-order valence-corrected chi connectivity index (χ1v) is 13.3. The van der Waals surface area contributed by atoms with Crippen LogP contribution in [0.2, 0.25) is 0 Å². The molecule has 0 fully saturated rings. The summed E-state index contributed by atoms with van der Waals surface area (Å²) in [6.45, 7) is 0. The molecule has 0 amide bonds. The van der Waals surface area contributed by atoms with Gasteiger partial charge in [0, 0.05) is 29.0 Å². The maximum absolute atomic E-state index is 5.97. The van der Waals surface area contributed by atoms with Gasteiger partial charge in [0.15, 0.2) is 11.2 Å². The molecule has 0 aliphatic rings. The number of oxazole rings is 2. The largest absolute Gasteiger partial charge is 0.436 e. The fourth-order valence-electron chi connectivity index (χ4n) is 3.77. The second-order valence-corrected chi connectivity index (χ2v) is 11.2. The van der Waals surface area contributed by atoms with Crippen molar-refractivity contribution in [2.75, 3.05) is 0 Å². The van der Waals surface area contributed by atoms with Crippen LogP contribution < -0.4 is 0 Å². The zero-order valence-corrected chi connectivity index (χ0v) is 23.5. The third-order valence-corrected chi connectivity index (χ3v) is 7.55. The number of rotatable bonds is 3. The number of hydrogen-bond acceptors (Lipinski definition) is 4. The van der Waals surface area contributed by atoms with Crippen LogP contribution in [0.1, 0.15) is 0 Å². The third-order valence-electron chi connectivity index (χ3n) is 5.42. The van der Waals surface area contributed by atoms with Gasteiger partial charge in [0.2, 0.25) is 11.8 Å². The van der Waals surface area contributed by atoms with Crippen LogP contribution in [0.25, 0.3) is 56.2 Å². The Morgan fingerprint density at radius 1 is 0.471 bits per heavy atom. The molecule has 166 valence electrons. The average molecular weight is 704 g/mol. The molecule has 0 unspecified atom stereocenters. The molecular formula is C26H12Br4N2O2. The number of halogens is 4. The summed E-state index contributed by atoms with van der Waals surface area (Å²) in [6.07, 6.45) is 0. The first-order valence-electron chi connectivity index (χ1n) is 10.2. The summed E-state index contributed by atoms with van der Waals surface area (Å²) in [7, 11) is 0. The quantitative estimate of drug-likeness (QED) is 0.184. The molecule has 34 heavy (non-hydrogen) atoms. The van der Waals surface area contributed by atoms with Gasteiger partial charge in [-0.05, 0) is 91.5 Å². The van der Waals surface area contributed by atoms with E-state index >= 15 is 0 Å². The van der Waals surface area contributed by atoms with Gasteiger partial charge < -0.3 is 8.83 Å². The molecule has 8 heteroatoms. The van der Waals surface area contributed by atoms with E-state index in [4.69, 9.17) is 8.83 Å². The van der Waals surface area contributed by atoms with E-state index in [9.17, 15) is 0 Å². The predicted molar refractivity (Wildman–Crippen MR) is 149 cm³/mol. The summed E-state index contributed by atoms with van der Waals surface area (Å²) in [5.74, 6) is 1.17. The minimum Gasteiger partial charge on any atom is -0.436 e. The highest BCUT2D eigenvalue weighted by Gasteiger charge is 2.14. The lowest BCUT2D eigenvalue weighted by Gasteiger charge is -2.04. The van der Waals surface area contributed by atoms with E-state index in [2.05, 4.69) is 98.0 Å². The summed E-state index contributed by atoms with van der Waals surface area (Å²) in [6, 6.07) is 24.1. The van der Waals surface area contributed by atoms with Gasteiger partial charge in [0.05, 0.1) is 0 Å². The predicted octanol–water partition coefficient (Wildman–Crippen LogP) is 10.0. The van der Waals surface area contributed by atoms with Gasteiger partial charge in [0.25, 0.3) is 0 Å². The zero-order valence-electron chi connectivity index (χ0n) is 17.2. The fourth-order valence-corrected chi connectivity index (χ4v) is 6.32. The van der Waals surface area contributed by atoms with Gasteiger partial charge >= 0.3 is 0 Å². The average Bonchev–Trinajstić information content (AvgIpc) is 3.44. The summed E-state index contributed by atoms with van der Waals surface area (Å²) in [5.41, 5.74) is 7.10. The van der Waals surface area contributed by atoms with Crippen LogP contribution in [0.3, 0.4) is 0 Å². The van der Waals surface area contributed by atoms with Gasteiger partial charge in [0.1, 0.15) is 11.0 Å². The van der Waals surface area contributed by atoms with Gasteiger partial charge in [-0.15, -0.1) is 0 Å². The number of aromatic nitrogens is 2. The van der Waals surface area contributed by atoms with Crippen LogP contribution in [-0.4, -0.2) is 9.97 Å². The van der Waals surface area contributed by atoms with Crippen molar-refractivity contribution in [3.05, 3.63) is 90.7 Å². The van der Waals surface area contributed by atoms with Crippen LogP contribution in [0.4, 0.5) is 0 Å². The monoisotopic (exact) mass is 700 g/mol. The molecule has 0 atom stereocenters. The number of nitrogens with zero attached hydrogens (tertiary/aromatic N) is 2. The van der Waals surface area contributed by atoms with E-state index in [-0.39, 0.29) is 0 Å². The van der Waals surface area contributed by atoms with E-state index in [0.29, 0.717) is 11.8 Å². The Kier molecular flexibility index (Phi) is 5.72. The van der Waals surface area contributed by atoms with E-state index in [1.54, 1.807) is 0 Å². The van der Waals surface area contributed by atoms with Gasteiger partial charge in [-0.25, -0.2) is 9.97 Å². The van der Waals surface area contributed by atoms with E-state index in [1.807, 2.05) is 48.5 Å². The normalized spacial score (nSPS) is 11.5. The number of hydrogen-bond donors (Lipinski definition) is 0. The van der Waals surface area contributed by atoms with Gasteiger partial charge in [-0.2, -0.15) is 0 Å². The molecule has 4 aromatic carbocycles. The number of fused-ring (bicyclic) bond motifs is 2. The lowest BCUT2D eigenvalue weighted by molar-refractivity contribution is 0.619. The minimum atomic E-state index is 0.587. The van der Waals surface area contributed by atoms with Crippen molar-refractivity contribution in [1.82, 2.24) is 9.97 Å². The lowest BCUT2D eigenvalue weighted by atomic mass is 10.0. The van der Waals surface area contributed by atoms with Crippen molar-refractivity contribution in [3.63, 3.8) is 0 Å². The summed E-state index contributed by atoms with van der Waals surface area (Å²) >= 11 is 14.1. The molecule has 6 aromatic rings. The molecule has 0 N–H and O–H groups in total. The Bertz CT molecular complexity index is 1560. The summed E-state index contributed by atoms with van der Waals surface area (Å²) < 4.78 is 15.6. The van der Waals surface area contributed by atoms with Crippen molar-refractivity contribution in [2.45, 2.75) is 0 Å². The van der Waals surface area contributed by atoms with Crippen molar-refractivity contribution < 1.29 is 8.83 Å². The first-order chi connectivity index (χ1) is 16.4. The number of benzene rings is 4. The molecule has 6 rings (SSSR count). The van der Waals surface area contributed by atoms with Crippen LogP contribution in [0.15, 0.2) is 99.5 Å². The Hall–Kier alpha value is -2.26. The first kappa shape index (κ1) is 22.2. The Morgan fingerprint density at radius 3 is 1.21 bits per heavy atom. The van der Waals surface area contributed by atoms with Gasteiger partial charge in [-0.3, -0.25) is 0 Å². The molecule has 0 radical (unpaired) electrons. The SMILES string of the molecule is Brc1cc(Br)c2nc(-c3ccc(-c4ccc(-c5nc6c(Br)cc(Br)cc6o5)cc4)cc3)oc2c1.